The molecule has 14 heavy (non-hydrogen) atoms. The largest absolute Gasteiger partial charge is 0.457 e. The first-order valence-electron chi connectivity index (χ1n) is 4.72. The molecule has 0 amide bonds. The molecule has 0 bridgehead atoms. The topological polar surface area (TPSA) is 65.5 Å². The molecule has 2 heterocycles. The number of rotatable bonds is 3. The van der Waals surface area contributed by atoms with Crippen molar-refractivity contribution in [1.29, 1.82) is 0 Å². The Bertz CT molecular complexity index is 326. The molecule has 1 unspecified atom stereocenters. The van der Waals surface area contributed by atoms with E-state index in [9.17, 15) is 4.79 Å². The summed E-state index contributed by atoms with van der Waals surface area (Å²) in [4.78, 5) is 11.8. The van der Waals surface area contributed by atoms with Gasteiger partial charge in [-0.2, -0.15) is 0 Å². The van der Waals surface area contributed by atoms with Gasteiger partial charge in [-0.25, -0.2) is 0 Å². The number of ether oxygens (including phenoxy) is 1. The van der Waals surface area contributed by atoms with Crippen LogP contribution in [-0.2, 0) is 11.3 Å². The van der Waals surface area contributed by atoms with Gasteiger partial charge in [0, 0.05) is 6.61 Å². The van der Waals surface area contributed by atoms with E-state index in [0.29, 0.717) is 31.3 Å². The second kappa shape index (κ2) is 3.94. The van der Waals surface area contributed by atoms with E-state index in [0.717, 1.165) is 6.42 Å². The SMILES string of the molecule is NCc1ccc(C(=O)C2CCOC2)o1. The zero-order valence-electron chi connectivity index (χ0n) is 7.86. The van der Waals surface area contributed by atoms with Crippen LogP contribution in [0.1, 0.15) is 22.7 Å². The van der Waals surface area contributed by atoms with Crippen LogP contribution >= 0.6 is 0 Å². The molecule has 0 aromatic carbocycles. The summed E-state index contributed by atoms with van der Waals surface area (Å²) in [5, 5.41) is 0. The van der Waals surface area contributed by atoms with Crippen LogP contribution in [0.25, 0.3) is 0 Å². The van der Waals surface area contributed by atoms with E-state index in [1.54, 1.807) is 12.1 Å². The lowest BCUT2D eigenvalue weighted by Crippen LogP contribution is -2.13. The predicted molar refractivity (Wildman–Crippen MR) is 49.9 cm³/mol. The Balaban J connectivity index is 2.09. The van der Waals surface area contributed by atoms with Crippen molar-refractivity contribution in [1.82, 2.24) is 0 Å². The van der Waals surface area contributed by atoms with Gasteiger partial charge in [-0.05, 0) is 18.6 Å². The van der Waals surface area contributed by atoms with Gasteiger partial charge in [0.2, 0.25) is 5.78 Å². The fraction of sp³-hybridized carbons (Fsp3) is 0.500. The van der Waals surface area contributed by atoms with Crippen LogP contribution in [0.3, 0.4) is 0 Å². The molecule has 1 saturated heterocycles. The minimum Gasteiger partial charge on any atom is -0.457 e. The third kappa shape index (κ3) is 1.71. The van der Waals surface area contributed by atoms with E-state index in [-0.39, 0.29) is 11.7 Å². The Morgan fingerprint density at radius 2 is 2.43 bits per heavy atom. The van der Waals surface area contributed by atoms with E-state index in [1.165, 1.54) is 0 Å². The van der Waals surface area contributed by atoms with Crippen molar-refractivity contribution in [2.45, 2.75) is 13.0 Å². The first-order valence-corrected chi connectivity index (χ1v) is 4.72. The number of nitrogens with two attached hydrogens (primary N) is 1. The zero-order valence-corrected chi connectivity index (χ0v) is 7.86. The molecule has 4 heteroatoms. The van der Waals surface area contributed by atoms with E-state index < -0.39 is 0 Å². The van der Waals surface area contributed by atoms with Gasteiger partial charge >= 0.3 is 0 Å². The number of furan rings is 1. The van der Waals surface area contributed by atoms with E-state index in [2.05, 4.69) is 0 Å². The maximum atomic E-state index is 11.8. The molecule has 0 aliphatic carbocycles. The molecule has 2 N–H and O–H groups in total. The number of ketones is 1. The Morgan fingerprint density at radius 3 is 3.00 bits per heavy atom. The second-order valence-electron chi connectivity index (χ2n) is 3.39. The third-order valence-electron chi connectivity index (χ3n) is 2.41. The summed E-state index contributed by atoms with van der Waals surface area (Å²) in [5.74, 6) is 1.04. The lowest BCUT2D eigenvalue weighted by Gasteiger charge is -2.02. The lowest BCUT2D eigenvalue weighted by molar-refractivity contribution is 0.0870. The van der Waals surface area contributed by atoms with Crippen LogP contribution < -0.4 is 5.73 Å². The molecule has 0 radical (unpaired) electrons. The molecular weight excluding hydrogens is 182 g/mol. The molecule has 1 aliphatic heterocycles. The summed E-state index contributed by atoms with van der Waals surface area (Å²) in [6.45, 7) is 1.51. The number of hydrogen-bond donors (Lipinski definition) is 1. The van der Waals surface area contributed by atoms with Gasteiger partial charge in [0.1, 0.15) is 5.76 Å². The standard InChI is InChI=1S/C10H13NO3/c11-5-8-1-2-9(14-8)10(12)7-3-4-13-6-7/h1-2,7H,3-6,11H2. The van der Waals surface area contributed by atoms with E-state index in [1.807, 2.05) is 0 Å². The Labute approximate surface area is 82.0 Å². The molecular formula is C10H13NO3. The van der Waals surface area contributed by atoms with Crippen molar-refractivity contribution in [3.05, 3.63) is 23.7 Å². The third-order valence-corrected chi connectivity index (χ3v) is 2.41. The molecule has 1 fully saturated rings. The quantitative estimate of drug-likeness (QED) is 0.729. The van der Waals surface area contributed by atoms with Gasteiger partial charge < -0.3 is 14.9 Å². The van der Waals surface area contributed by atoms with Gasteiger partial charge in [-0.3, -0.25) is 4.79 Å². The highest BCUT2D eigenvalue weighted by Gasteiger charge is 2.26. The predicted octanol–water partition coefficient (Wildman–Crippen LogP) is 0.958. The maximum absolute atomic E-state index is 11.8. The zero-order chi connectivity index (χ0) is 9.97. The molecule has 0 saturated carbocycles. The summed E-state index contributed by atoms with van der Waals surface area (Å²) >= 11 is 0. The van der Waals surface area contributed by atoms with Gasteiger partial charge in [0.05, 0.1) is 19.1 Å². The van der Waals surface area contributed by atoms with Gasteiger partial charge in [-0.15, -0.1) is 0 Å². The minimum atomic E-state index is -0.0354. The Morgan fingerprint density at radius 1 is 1.57 bits per heavy atom. The van der Waals surface area contributed by atoms with Crippen LogP contribution in [-0.4, -0.2) is 19.0 Å². The normalized spacial score (nSPS) is 21.4. The molecule has 1 aliphatic rings. The summed E-state index contributed by atoms with van der Waals surface area (Å²) in [5.41, 5.74) is 5.39. The number of hydrogen-bond acceptors (Lipinski definition) is 4. The number of Topliss-reactive ketones (excluding diaryl/α,β-unsaturated/α-hetero) is 1. The average Bonchev–Trinajstić information content (AvgIpc) is 2.88. The van der Waals surface area contributed by atoms with Crippen molar-refractivity contribution < 1.29 is 13.9 Å². The first-order chi connectivity index (χ1) is 6.81. The van der Waals surface area contributed by atoms with Gasteiger partial charge in [0.15, 0.2) is 5.76 Å². The van der Waals surface area contributed by atoms with Crippen molar-refractivity contribution in [2.75, 3.05) is 13.2 Å². The highest BCUT2D eigenvalue weighted by Crippen LogP contribution is 2.19. The molecule has 0 spiro atoms. The fourth-order valence-electron chi connectivity index (χ4n) is 1.56. The molecule has 76 valence electrons. The first kappa shape index (κ1) is 9.43. The Kier molecular flexibility index (Phi) is 2.65. The lowest BCUT2D eigenvalue weighted by atomic mass is 10.0. The highest BCUT2D eigenvalue weighted by molar-refractivity contribution is 5.95. The number of carbonyl (C=O) groups is 1. The van der Waals surface area contributed by atoms with Crippen LogP contribution in [0.5, 0.6) is 0 Å². The maximum Gasteiger partial charge on any atom is 0.203 e. The number of carbonyl (C=O) groups excluding carboxylic acids is 1. The summed E-state index contributed by atoms with van der Waals surface area (Å²) < 4.78 is 10.4. The van der Waals surface area contributed by atoms with Crippen LogP contribution in [0, 0.1) is 5.92 Å². The minimum absolute atomic E-state index is 0.0298. The fourth-order valence-corrected chi connectivity index (χ4v) is 1.56. The summed E-state index contributed by atoms with van der Waals surface area (Å²) in [7, 11) is 0. The summed E-state index contributed by atoms with van der Waals surface area (Å²) in [6.07, 6.45) is 0.789. The van der Waals surface area contributed by atoms with Crippen molar-refractivity contribution in [2.24, 2.45) is 11.7 Å². The van der Waals surface area contributed by atoms with E-state index >= 15 is 0 Å². The highest BCUT2D eigenvalue weighted by atomic mass is 16.5. The van der Waals surface area contributed by atoms with Crippen LogP contribution in [0.4, 0.5) is 0 Å². The monoisotopic (exact) mass is 195 g/mol. The van der Waals surface area contributed by atoms with Gasteiger partial charge in [-0.1, -0.05) is 0 Å². The smallest absolute Gasteiger partial charge is 0.203 e. The van der Waals surface area contributed by atoms with Crippen molar-refractivity contribution in [3.63, 3.8) is 0 Å². The Hall–Kier alpha value is -1.13. The van der Waals surface area contributed by atoms with Crippen molar-refractivity contribution >= 4 is 5.78 Å². The average molecular weight is 195 g/mol. The molecule has 1 atom stereocenters. The van der Waals surface area contributed by atoms with Gasteiger partial charge in [0.25, 0.3) is 0 Å². The molecule has 1 aromatic heterocycles. The summed E-state index contributed by atoms with van der Waals surface area (Å²) in [6, 6.07) is 3.42. The second-order valence-corrected chi connectivity index (χ2v) is 3.39. The van der Waals surface area contributed by atoms with E-state index in [4.69, 9.17) is 14.9 Å². The molecule has 4 nitrogen and oxygen atoms in total. The molecule has 2 rings (SSSR count). The van der Waals surface area contributed by atoms with Crippen LogP contribution in [0.2, 0.25) is 0 Å². The van der Waals surface area contributed by atoms with Crippen LogP contribution in [0.15, 0.2) is 16.5 Å². The van der Waals surface area contributed by atoms with Crippen molar-refractivity contribution in [3.8, 4) is 0 Å². The molecule has 1 aromatic rings.